The Morgan fingerprint density at radius 1 is 1.47 bits per heavy atom. The van der Waals surface area contributed by atoms with Crippen LogP contribution in [0.5, 0.6) is 0 Å². The fourth-order valence-electron chi connectivity index (χ4n) is 1.91. The van der Waals surface area contributed by atoms with Crippen molar-refractivity contribution in [1.29, 1.82) is 0 Å². The standard InChI is InChI=1S/C14H19NO4/c1-2-18-13(16)7-8-15(14(17)11-5-6-11)10-12-4-3-9-19-12/h3-4,9,11H,2,5-8,10H2,1H3. The predicted octanol–water partition coefficient (Wildman–Crippen LogP) is 1.97. The second kappa shape index (κ2) is 6.41. The molecule has 0 spiro atoms. The number of amides is 1. The van der Waals surface area contributed by atoms with Gasteiger partial charge in [0, 0.05) is 12.5 Å². The number of hydrogen-bond donors (Lipinski definition) is 0. The average molecular weight is 265 g/mol. The van der Waals surface area contributed by atoms with E-state index in [0.29, 0.717) is 19.7 Å². The first-order valence-corrected chi connectivity index (χ1v) is 6.67. The highest BCUT2D eigenvalue weighted by molar-refractivity contribution is 5.81. The van der Waals surface area contributed by atoms with Crippen molar-refractivity contribution >= 4 is 11.9 Å². The van der Waals surface area contributed by atoms with Gasteiger partial charge in [0.15, 0.2) is 0 Å². The van der Waals surface area contributed by atoms with Crippen LogP contribution in [0, 0.1) is 5.92 Å². The third kappa shape index (κ3) is 4.12. The van der Waals surface area contributed by atoms with E-state index in [9.17, 15) is 9.59 Å². The molecule has 1 aromatic heterocycles. The van der Waals surface area contributed by atoms with E-state index < -0.39 is 0 Å². The van der Waals surface area contributed by atoms with Crippen LogP contribution in [0.25, 0.3) is 0 Å². The number of esters is 1. The Morgan fingerprint density at radius 2 is 2.26 bits per heavy atom. The molecule has 0 radical (unpaired) electrons. The summed E-state index contributed by atoms with van der Waals surface area (Å²) in [5, 5.41) is 0. The summed E-state index contributed by atoms with van der Waals surface area (Å²) in [4.78, 5) is 25.2. The minimum atomic E-state index is -0.268. The maximum atomic E-state index is 12.1. The molecule has 0 saturated heterocycles. The third-order valence-corrected chi connectivity index (χ3v) is 3.06. The smallest absolute Gasteiger partial charge is 0.307 e. The maximum absolute atomic E-state index is 12.1. The summed E-state index contributed by atoms with van der Waals surface area (Å²) in [5.41, 5.74) is 0. The molecule has 104 valence electrons. The van der Waals surface area contributed by atoms with Gasteiger partial charge in [-0.25, -0.2) is 0 Å². The quantitative estimate of drug-likeness (QED) is 0.707. The molecule has 1 fully saturated rings. The molecule has 1 aliphatic rings. The van der Waals surface area contributed by atoms with Crippen molar-refractivity contribution in [1.82, 2.24) is 4.90 Å². The third-order valence-electron chi connectivity index (χ3n) is 3.06. The van der Waals surface area contributed by atoms with Gasteiger partial charge in [-0.3, -0.25) is 9.59 Å². The molecular weight excluding hydrogens is 246 g/mol. The molecule has 1 amide bonds. The molecule has 0 bridgehead atoms. The number of nitrogens with zero attached hydrogens (tertiary/aromatic N) is 1. The summed E-state index contributed by atoms with van der Waals surface area (Å²) in [7, 11) is 0. The van der Waals surface area contributed by atoms with Gasteiger partial charge in [0.1, 0.15) is 5.76 Å². The van der Waals surface area contributed by atoms with Crippen LogP contribution in [0.2, 0.25) is 0 Å². The number of carbonyl (C=O) groups is 2. The zero-order valence-corrected chi connectivity index (χ0v) is 11.1. The van der Waals surface area contributed by atoms with Crippen LogP contribution in [0.3, 0.4) is 0 Å². The topological polar surface area (TPSA) is 59.8 Å². The summed E-state index contributed by atoms with van der Waals surface area (Å²) in [6.07, 6.45) is 3.72. The van der Waals surface area contributed by atoms with Gasteiger partial charge < -0.3 is 14.1 Å². The Balaban J connectivity index is 1.89. The largest absolute Gasteiger partial charge is 0.467 e. The van der Waals surface area contributed by atoms with Crippen molar-refractivity contribution in [3.63, 3.8) is 0 Å². The van der Waals surface area contributed by atoms with Crippen LogP contribution in [0.4, 0.5) is 0 Å². The van der Waals surface area contributed by atoms with E-state index in [-0.39, 0.29) is 24.2 Å². The van der Waals surface area contributed by atoms with E-state index in [0.717, 1.165) is 18.6 Å². The van der Waals surface area contributed by atoms with Gasteiger partial charge in [0.2, 0.25) is 5.91 Å². The summed E-state index contributed by atoms with van der Waals surface area (Å²) in [5.74, 6) is 0.714. The van der Waals surface area contributed by atoms with Crippen molar-refractivity contribution in [3.8, 4) is 0 Å². The number of hydrogen-bond acceptors (Lipinski definition) is 4. The lowest BCUT2D eigenvalue weighted by Gasteiger charge is -2.21. The molecule has 2 rings (SSSR count). The molecule has 0 aromatic carbocycles. The first-order valence-electron chi connectivity index (χ1n) is 6.67. The fraction of sp³-hybridized carbons (Fsp3) is 0.571. The SMILES string of the molecule is CCOC(=O)CCN(Cc1ccco1)C(=O)C1CC1. The van der Waals surface area contributed by atoms with Crippen molar-refractivity contribution in [2.24, 2.45) is 5.92 Å². The first kappa shape index (κ1) is 13.6. The van der Waals surface area contributed by atoms with E-state index in [1.807, 2.05) is 6.07 Å². The molecule has 19 heavy (non-hydrogen) atoms. The van der Waals surface area contributed by atoms with Gasteiger partial charge in [-0.05, 0) is 31.9 Å². The van der Waals surface area contributed by atoms with Gasteiger partial charge in [-0.2, -0.15) is 0 Å². The van der Waals surface area contributed by atoms with Gasteiger partial charge in [0.25, 0.3) is 0 Å². The van der Waals surface area contributed by atoms with Crippen LogP contribution in [0.1, 0.15) is 31.9 Å². The van der Waals surface area contributed by atoms with Crippen molar-refractivity contribution in [3.05, 3.63) is 24.2 Å². The molecular formula is C14H19NO4. The molecule has 5 heteroatoms. The van der Waals surface area contributed by atoms with Gasteiger partial charge >= 0.3 is 5.97 Å². The lowest BCUT2D eigenvalue weighted by atomic mass is 10.3. The number of rotatable bonds is 7. The first-order chi connectivity index (χ1) is 9.20. The van der Waals surface area contributed by atoms with Crippen molar-refractivity contribution in [2.45, 2.75) is 32.7 Å². The fourth-order valence-corrected chi connectivity index (χ4v) is 1.91. The monoisotopic (exact) mass is 265 g/mol. The molecule has 0 atom stereocenters. The van der Waals surface area contributed by atoms with E-state index >= 15 is 0 Å². The van der Waals surface area contributed by atoms with Crippen molar-refractivity contribution < 1.29 is 18.7 Å². The van der Waals surface area contributed by atoms with Gasteiger partial charge in [-0.15, -0.1) is 0 Å². The molecule has 5 nitrogen and oxygen atoms in total. The minimum Gasteiger partial charge on any atom is -0.467 e. The Bertz CT molecular complexity index is 423. The Labute approximate surface area is 112 Å². The maximum Gasteiger partial charge on any atom is 0.307 e. The normalized spacial score (nSPS) is 14.2. The number of furan rings is 1. The molecule has 1 saturated carbocycles. The molecule has 1 heterocycles. The molecule has 0 unspecified atom stereocenters. The Morgan fingerprint density at radius 3 is 2.84 bits per heavy atom. The van der Waals surface area contributed by atoms with Gasteiger partial charge in [0.05, 0.1) is 25.8 Å². The molecule has 0 N–H and O–H groups in total. The zero-order chi connectivity index (χ0) is 13.7. The lowest BCUT2D eigenvalue weighted by molar-refractivity contribution is -0.144. The van der Waals surface area contributed by atoms with E-state index in [1.54, 1.807) is 24.2 Å². The highest BCUT2D eigenvalue weighted by Crippen LogP contribution is 2.31. The molecule has 1 aliphatic carbocycles. The average Bonchev–Trinajstić information content (AvgIpc) is 3.12. The molecule has 0 aliphatic heterocycles. The van der Waals surface area contributed by atoms with E-state index in [4.69, 9.17) is 9.15 Å². The second-order valence-electron chi connectivity index (χ2n) is 4.67. The van der Waals surface area contributed by atoms with Crippen LogP contribution in [-0.4, -0.2) is 29.9 Å². The predicted molar refractivity (Wildman–Crippen MR) is 68.1 cm³/mol. The van der Waals surface area contributed by atoms with E-state index in [1.165, 1.54) is 0 Å². The summed E-state index contributed by atoms with van der Waals surface area (Å²) in [6.45, 7) is 2.94. The van der Waals surface area contributed by atoms with Gasteiger partial charge in [-0.1, -0.05) is 0 Å². The molecule has 1 aromatic rings. The van der Waals surface area contributed by atoms with Crippen LogP contribution in [-0.2, 0) is 20.9 Å². The lowest BCUT2D eigenvalue weighted by Crippen LogP contribution is -2.33. The summed E-state index contributed by atoms with van der Waals surface area (Å²) < 4.78 is 10.1. The Hall–Kier alpha value is -1.78. The summed E-state index contributed by atoms with van der Waals surface area (Å²) >= 11 is 0. The second-order valence-corrected chi connectivity index (χ2v) is 4.67. The number of ether oxygens (including phenoxy) is 1. The van der Waals surface area contributed by atoms with Crippen LogP contribution >= 0.6 is 0 Å². The van der Waals surface area contributed by atoms with E-state index in [2.05, 4.69) is 0 Å². The number of carbonyl (C=O) groups excluding carboxylic acids is 2. The highest BCUT2D eigenvalue weighted by atomic mass is 16.5. The van der Waals surface area contributed by atoms with Crippen LogP contribution < -0.4 is 0 Å². The Kier molecular flexibility index (Phi) is 4.60. The van der Waals surface area contributed by atoms with Crippen LogP contribution in [0.15, 0.2) is 22.8 Å². The highest BCUT2D eigenvalue weighted by Gasteiger charge is 2.33. The zero-order valence-electron chi connectivity index (χ0n) is 11.1. The van der Waals surface area contributed by atoms with Crippen molar-refractivity contribution in [2.75, 3.05) is 13.2 Å². The minimum absolute atomic E-state index is 0.112. The summed E-state index contributed by atoms with van der Waals surface area (Å²) in [6, 6.07) is 3.62.